The summed E-state index contributed by atoms with van der Waals surface area (Å²) < 4.78 is 0. The van der Waals surface area contributed by atoms with Crippen molar-refractivity contribution in [2.24, 2.45) is 0 Å². The number of aromatic amines is 1. The Morgan fingerprint density at radius 1 is 1.36 bits per heavy atom. The first kappa shape index (κ1) is 9.09. The maximum absolute atomic E-state index is 11.1. The average Bonchev–Trinajstić information content (AvgIpc) is 2.08. The van der Waals surface area contributed by atoms with Crippen molar-refractivity contribution in [3.63, 3.8) is 0 Å². The van der Waals surface area contributed by atoms with Gasteiger partial charge in [-0.15, -0.1) is 0 Å². The number of nitrogens with one attached hydrogen (secondary N) is 1. The molecule has 14 heavy (non-hydrogen) atoms. The van der Waals surface area contributed by atoms with Gasteiger partial charge in [-0.2, -0.15) is 0 Å². The van der Waals surface area contributed by atoms with E-state index >= 15 is 0 Å². The standard InChI is InChI=1S/C10H8ClNO2/c1-5-2-6-4-8(13)10(14)12-9(6)7(11)3-5/h2-4,13H,1H3,(H,12,14). The van der Waals surface area contributed by atoms with Crippen LogP contribution in [0.5, 0.6) is 5.75 Å². The molecule has 0 aliphatic carbocycles. The Morgan fingerprint density at radius 3 is 2.79 bits per heavy atom. The first-order chi connectivity index (χ1) is 6.58. The third-order valence-electron chi connectivity index (χ3n) is 2.03. The number of benzene rings is 1. The lowest BCUT2D eigenvalue weighted by Crippen LogP contribution is -2.04. The van der Waals surface area contributed by atoms with Crippen molar-refractivity contribution in [3.05, 3.63) is 39.1 Å². The van der Waals surface area contributed by atoms with Crippen LogP contribution in [-0.2, 0) is 0 Å². The summed E-state index contributed by atoms with van der Waals surface area (Å²) in [5, 5.41) is 10.4. The second-order valence-electron chi connectivity index (χ2n) is 3.19. The molecule has 0 saturated carbocycles. The van der Waals surface area contributed by atoms with E-state index in [4.69, 9.17) is 11.6 Å². The molecule has 2 N–H and O–H groups in total. The van der Waals surface area contributed by atoms with Crippen LogP contribution in [0.15, 0.2) is 23.0 Å². The predicted octanol–water partition coefficient (Wildman–Crippen LogP) is 2.20. The van der Waals surface area contributed by atoms with Crippen LogP contribution in [0.4, 0.5) is 0 Å². The number of aromatic hydroxyl groups is 1. The van der Waals surface area contributed by atoms with Gasteiger partial charge in [0.25, 0.3) is 5.56 Å². The van der Waals surface area contributed by atoms with Crippen molar-refractivity contribution in [1.29, 1.82) is 0 Å². The van der Waals surface area contributed by atoms with Crippen LogP contribution in [0.25, 0.3) is 10.9 Å². The molecule has 4 heteroatoms. The molecule has 0 fully saturated rings. The van der Waals surface area contributed by atoms with E-state index in [-0.39, 0.29) is 5.75 Å². The number of hydrogen-bond donors (Lipinski definition) is 2. The molecule has 0 radical (unpaired) electrons. The largest absolute Gasteiger partial charge is 0.503 e. The molecule has 2 aromatic rings. The number of fused-ring (bicyclic) bond motifs is 1. The zero-order chi connectivity index (χ0) is 10.3. The summed E-state index contributed by atoms with van der Waals surface area (Å²) in [6, 6.07) is 5.01. The molecule has 2 rings (SSSR count). The molecule has 0 bridgehead atoms. The van der Waals surface area contributed by atoms with Crippen LogP contribution in [-0.4, -0.2) is 10.1 Å². The maximum atomic E-state index is 11.1. The van der Waals surface area contributed by atoms with Gasteiger partial charge in [-0.1, -0.05) is 11.6 Å². The van der Waals surface area contributed by atoms with Crippen molar-refractivity contribution in [1.82, 2.24) is 4.98 Å². The third-order valence-corrected chi connectivity index (χ3v) is 2.33. The van der Waals surface area contributed by atoms with E-state index < -0.39 is 5.56 Å². The van der Waals surface area contributed by atoms with Crippen LogP contribution >= 0.6 is 11.6 Å². The van der Waals surface area contributed by atoms with Gasteiger partial charge in [0.15, 0.2) is 5.75 Å². The highest BCUT2D eigenvalue weighted by Crippen LogP contribution is 2.23. The van der Waals surface area contributed by atoms with E-state index in [1.54, 1.807) is 6.07 Å². The summed E-state index contributed by atoms with van der Waals surface area (Å²) in [5.74, 6) is -0.292. The SMILES string of the molecule is Cc1cc(Cl)c2[nH]c(=O)c(O)cc2c1. The minimum absolute atomic E-state index is 0.292. The van der Waals surface area contributed by atoms with E-state index in [2.05, 4.69) is 4.98 Å². The highest BCUT2D eigenvalue weighted by molar-refractivity contribution is 6.35. The highest BCUT2D eigenvalue weighted by atomic mass is 35.5. The van der Waals surface area contributed by atoms with Crippen molar-refractivity contribution >= 4 is 22.5 Å². The summed E-state index contributed by atoms with van der Waals surface area (Å²) >= 11 is 5.93. The van der Waals surface area contributed by atoms with E-state index in [1.807, 2.05) is 13.0 Å². The lowest BCUT2D eigenvalue weighted by molar-refractivity contribution is 0.468. The monoisotopic (exact) mass is 209 g/mol. The highest BCUT2D eigenvalue weighted by Gasteiger charge is 2.04. The number of hydrogen-bond acceptors (Lipinski definition) is 2. The molecule has 0 aliphatic heterocycles. The topological polar surface area (TPSA) is 53.1 Å². The van der Waals surface area contributed by atoms with E-state index in [9.17, 15) is 9.90 Å². The molecule has 0 aliphatic rings. The molecule has 0 atom stereocenters. The molecule has 1 heterocycles. The van der Waals surface area contributed by atoms with Crippen molar-refractivity contribution < 1.29 is 5.11 Å². The lowest BCUT2D eigenvalue weighted by Gasteiger charge is -2.02. The summed E-state index contributed by atoms with van der Waals surface area (Å²) in [7, 11) is 0. The number of aryl methyl sites for hydroxylation is 1. The Balaban J connectivity index is 2.96. The number of pyridine rings is 1. The molecule has 0 amide bonds. The average molecular weight is 210 g/mol. The van der Waals surface area contributed by atoms with Gasteiger partial charge in [-0.25, -0.2) is 0 Å². The van der Waals surface area contributed by atoms with Gasteiger partial charge in [0.05, 0.1) is 10.5 Å². The molecular formula is C10H8ClNO2. The molecule has 1 aromatic carbocycles. The first-order valence-corrected chi connectivity index (χ1v) is 4.48. The van der Waals surface area contributed by atoms with E-state index in [1.165, 1.54) is 6.07 Å². The predicted molar refractivity (Wildman–Crippen MR) is 56.0 cm³/mol. The van der Waals surface area contributed by atoms with Gasteiger partial charge in [0.2, 0.25) is 0 Å². The summed E-state index contributed by atoms with van der Waals surface area (Å²) in [5.41, 5.74) is 1.01. The Hall–Kier alpha value is -1.48. The lowest BCUT2D eigenvalue weighted by atomic mass is 10.1. The number of rotatable bonds is 0. The van der Waals surface area contributed by atoms with Crippen LogP contribution in [0.2, 0.25) is 5.02 Å². The zero-order valence-electron chi connectivity index (χ0n) is 7.47. The third kappa shape index (κ3) is 1.36. The Morgan fingerprint density at radius 2 is 2.07 bits per heavy atom. The summed E-state index contributed by atoms with van der Waals surface area (Å²) in [4.78, 5) is 13.6. The normalized spacial score (nSPS) is 10.7. The van der Waals surface area contributed by atoms with Crippen molar-refractivity contribution in [2.75, 3.05) is 0 Å². The Bertz CT molecular complexity index is 560. The van der Waals surface area contributed by atoms with Crippen LogP contribution < -0.4 is 5.56 Å². The van der Waals surface area contributed by atoms with Crippen molar-refractivity contribution in [3.8, 4) is 5.75 Å². The van der Waals surface area contributed by atoms with E-state index in [0.29, 0.717) is 10.5 Å². The minimum atomic E-state index is -0.525. The van der Waals surface area contributed by atoms with Gasteiger partial charge < -0.3 is 10.1 Å². The zero-order valence-corrected chi connectivity index (χ0v) is 8.22. The van der Waals surface area contributed by atoms with Gasteiger partial charge in [-0.3, -0.25) is 4.79 Å². The quantitative estimate of drug-likeness (QED) is 0.699. The molecular weight excluding hydrogens is 202 g/mol. The van der Waals surface area contributed by atoms with Gasteiger partial charge in [-0.05, 0) is 30.7 Å². The fraction of sp³-hybridized carbons (Fsp3) is 0.100. The van der Waals surface area contributed by atoms with E-state index in [0.717, 1.165) is 10.9 Å². The number of halogens is 1. The van der Waals surface area contributed by atoms with Gasteiger partial charge >= 0.3 is 0 Å². The summed E-state index contributed by atoms with van der Waals surface area (Å²) in [6.45, 7) is 1.90. The van der Waals surface area contributed by atoms with Crippen LogP contribution in [0.3, 0.4) is 0 Å². The van der Waals surface area contributed by atoms with Crippen LogP contribution in [0, 0.1) is 6.92 Å². The van der Waals surface area contributed by atoms with Crippen molar-refractivity contribution in [2.45, 2.75) is 6.92 Å². The first-order valence-electron chi connectivity index (χ1n) is 4.10. The summed E-state index contributed by atoms with van der Waals surface area (Å²) in [6.07, 6.45) is 0. The molecule has 0 spiro atoms. The molecule has 3 nitrogen and oxygen atoms in total. The Kier molecular flexibility index (Phi) is 1.97. The smallest absolute Gasteiger partial charge is 0.290 e. The van der Waals surface area contributed by atoms with Gasteiger partial charge in [0, 0.05) is 5.39 Å². The fourth-order valence-corrected chi connectivity index (χ4v) is 1.73. The van der Waals surface area contributed by atoms with Gasteiger partial charge in [0.1, 0.15) is 0 Å². The molecule has 72 valence electrons. The van der Waals surface area contributed by atoms with Crippen LogP contribution in [0.1, 0.15) is 5.56 Å². The number of aromatic nitrogens is 1. The molecule has 1 aromatic heterocycles. The minimum Gasteiger partial charge on any atom is -0.503 e. The molecule has 0 unspecified atom stereocenters. The maximum Gasteiger partial charge on any atom is 0.290 e. The Labute approximate surface area is 85.0 Å². The molecule has 0 saturated heterocycles. The second-order valence-corrected chi connectivity index (χ2v) is 3.60. The number of H-pyrrole nitrogens is 1. The second kappa shape index (κ2) is 3.03. The fourth-order valence-electron chi connectivity index (χ4n) is 1.41.